The minimum absolute atomic E-state index is 0.211. The van der Waals surface area contributed by atoms with Gasteiger partial charge in [0, 0.05) is 36.6 Å². The third kappa shape index (κ3) is 5.90. The molecule has 35 heavy (non-hydrogen) atoms. The second kappa shape index (κ2) is 10.2. The van der Waals surface area contributed by atoms with Crippen LogP contribution in [0.5, 0.6) is 0 Å². The number of hydrogen-bond acceptors (Lipinski definition) is 5. The molecule has 1 heterocycles. The summed E-state index contributed by atoms with van der Waals surface area (Å²) in [6.07, 6.45) is 1.32. The maximum absolute atomic E-state index is 12.2. The molecule has 0 saturated carbocycles. The van der Waals surface area contributed by atoms with Gasteiger partial charge < -0.3 is 15.7 Å². The molecule has 0 aromatic heterocycles. The van der Waals surface area contributed by atoms with Gasteiger partial charge in [0.1, 0.15) is 0 Å². The van der Waals surface area contributed by atoms with Gasteiger partial charge in [-0.25, -0.2) is 8.42 Å². The number of amides is 1. The summed E-state index contributed by atoms with van der Waals surface area (Å²) in [5.74, 6) is -0.215. The highest BCUT2D eigenvalue weighted by atomic mass is 32.2. The van der Waals surface area contributed by atoms with Crippen molar-refractivity contribution in [2.45, 2.75) is 32.9 Å². The van der Waals surface area contributed by atoms with Gasteiger partial charge >= 0.3 is 0 Å². The smallest absolute Gasteiger partial charge is 0.251 e. The van der Waals surface area contributed by atoms with Crippen molar-refractivity contribution in [3.8, 4) is 11.1 Å². The number of rotatable bonds is 7. The van der Waals surface area contributed by atoms with Crippen molar-refractivity contribution >= 4 is 27.3 Å². The zero-order valence-electron chi connectivity index (χ0n) is 20.2. The average molecular weight is 494 g/mol. The Kier molecular flexibility index (Phi) is 7.25. The number of sulfonamides is 1. The fraction of sp³-hybridized carbons (Fsp3) is 0.296. The molecule has 1 aliphatic heterocycles. The maximum atomic E-state index is 12.2. The van der Waals surface area contributed by atoms with Gasteiger partial charge in [0.25, 0.3) is 5.91 Å². The van der Waals surface area contributed by atoms with Crippen LogP contribution in [-0.4, -0.2) is 49.2 Å². The fourth-order valence-electron chi connectivity index (χ4n) is 4.29. The fourth-order valence-corrected chi connectivity index (χ4v) is 5.09. The molecule has 4 rings (SSSR count). The van der Waals surface area contributed by atoms with Crippen LogP contribution in [0.1, 0.15) is 34.0 Å². The lowest BCUT2D eigenvalue weighted by Crippen LogP contribution is -2.35. The number of aliphatic hydroxyl groups is 1. The zero-order chi connectivity index (χ0) is 25.2. The predicted molar refractivity (Wildman–Crippen MR) is 139 cm³/mol. The first-order valence-corrected chi connectivity index (χ1v) is 13.5. The number of fused-ring (bicyclic) bond motifs is 1. The van der Waals surface area contributed by atoms with Gasteiger partial charge in [0.15, 0.2) is 0 Å². The molecule has 1 unspecified atom stereocenters. The number of anilines is 2. The van der Waals surface area contributed by atoms with E-state index in [1.54, 1.807) is 19.1 Å². The lowest BCUT2D eigenvalue weighted by Gasteiger charge is -2.28. The van der Waals surface area contributed by atoms with Crippen molar-refractivity contribution in [3.63, 3.8) is 0 Å². The molecule has 0 radical (unpaired) electrons. The van der Waals surface area contributed by atoms with Crippen LogP contribution >= 0.6 is 0 Å². The van der Waals surface area contributed by atoms with Crippen molar-refractivity contribution < 1.29 is 18.3 Å². The van der Waals surface area contributed by atoms with E-state index in [9.17, 15) is 18.3 Å². The highest BCUT2D eigenvalue weighted by Crippen LogP contribution is 2.32. The number of carbonyl (C=O) groups excluding carboxylic acids is 1. The molecule has 3 aromatic carbocycles. The third-order valence-corrected chi connectivity index (χ3v) is 7.48. The Bertz CT molecular complexity index is 1340. The molecule has 0 fully saturated rings. The van der Waals surface area contributed by atoms with E-state index in [4.69, 9.17) is 0 Å². The molecule has 3 aromatic rings. The summed E-state index contributed by atoms with van der Waals surface area (Å²) in [5, 5.41) is 15.6. The molecule has 3 N–H and O–H groups in total. The Morgan fingerprint density at radius 2 is 1.86 bits per heavy atom. The molecule has 0 spiro atoms. The van der Waals surface area contributed by atoms with Crippen LogP contribution in [0.2, 0.25) is 0 Å². The molecule has 184 valence electrons. The minimum atomic E-state index is -3.22. The number of nitrogens with zero attached hydrogens (tertiary/aromatic N) is 1. The van der Waals surface area contributed by atoms with Gasteiger partial charge in [-0.15, -0.1) is 0 Å². The Hall–Kier alpha value is -3.20. The first kappa shape index (κ1) is 24.9. The molecule has 1 amide bonds. The molecule has 8 heteroatoms. The number of hydrogen-bond donors (Lipinski definition) is 3. The van der Waals surface area contributed by atoms with Crippen molar-refractivity contribution in [2.24, 2.45) is 0 Å². The van der Waals surface area contributed by atoms with Gasteiger partial charge in [-0.3, -0.25) is 4.79 Å². The van der Waals surface area contributed by atoms with E-state index in [1.807, 2.05) is 43.3 Å². The van der Waals surface area contributed by atoms with Crippen LogP contribution in [0.25, 0.3) is 11.1 Å². The standard InChI is InChI=1S/C27H31N3O4S/c1-18-7-12-23(15-25(18)20-8-10-21(11-9-20)27(32)28-16-19(2)31)29-26-6-4-5-22-17-30(35(3,33)34)14-13-24(22)26/h4-12,15,19,29,31H,13-14,16-17H2,1-3H3,(H,28,32). The van der Waals surface area contributed by atoms with E-state index in [0.717, 1.165) is 39.2 Å². The topological polar surface area (TPSA) is 98.7 Å². The van der Waals surface area contributed by atoms with Crippen LogP contribution in [0.3, 0.4) is 0 Å². The van der Waals surface area contributed by atoms with Crippen LogP contribution in [0.4, 0.5) is 11.4 Å². The van der Waals surface area contributed by atoms with Crippen molar-refractivity contribution in [2.75, 3.05) is 24.7 Å². The van der Waals surface area contributed by atoms with Gasteiger partial charge in [-0.1, -0.05) is 30.3 Å². The largest absolute Gasteiger partial charge is 0.392 e. The van der Waals surface area contributed by atoms with Crippen molar-refractivity contribution in [1.29, 1.82) is 0 Å². The van der Waals surface area contributed by atoms with Crippen LogP contribution < -0.4 is 10.6 Å². The molecule has 1 aliphatic rings. The highest BCUT2D eigenvalue weighted by molar-refractivity contribution is 7.88. The van der Waals surface area contributed by atoms with Gasteiger partial charge in [0.2, 0.25) is 10.0 Å². The molecule has 0 saturated heterocycles. The van der Waals surface area contributed by atoms with E-state index < -0.39 is 16.1 Å². The lowest BCUT2D eigenvalue weighted by atomic mass is 9.97. The normalized spacial score (nSPS) is 14.7. The first-order chi connectivity index (χ1) is 16.6. The van der Waals surface area contributed by atoms with E-state index in [0.29, 0.717) is 25.1 Å². The van der Waals surface area contributed by atoms with Gasteiger partial charge in [-0.2, -0.15) is 4.31 Å². The average Bonchev–Trinajstić information content (AvgIpc) is 2.83. The summed E-state index contributed by atoms with van der Waals surface area (Å²) in [4.78, 5) is 12.2. The summed E-state index contributed by atoms with van der Waals surface area (Å²) >= 11 is 0. The van der Waals surface area contributed by atoms with Crippen LogP contribution in [0.15, 0.2) is 60.7 Å². The van der Waals surface area contributed by atoms with Crippen molar-refractivity contribution in [3.05, 3.63) is 82.9 Å². The molecular formula is C27H31N3O4S. The van der Waals surface area contributed by atoms with E-state index >= 15 is 0 Å². The first-order valence-electron chi connectivity index (χ1n) is 11.6. The summed E-state index contributed by atoms with van der Waals surface area (Å²) in [6, 6.07) is 19.5. The second-order valence-electron chi connectivity index (χ2n) is 9.08. The summed E-state index contributed by atoms with van der Waals surface area (Å²) in [7, 11) is -3.22. The zero-order valence-corrected chi connectivity index (χ0v) is 21.0. The van der Waals surface area contributed by atoms with E-state index in [1.165, 1.54) is 10.6 Å². The second-order valence-corrected chi connectivity index (χ2v) is 11.1. The molecule has 7 nitrogen and oxygen atoms in total. The number of benzene rings is 3. The van der Waals surface area contributed by atoms with Crippen molar-refractivity contribution in [1.82, 2.24) is 9.62 Å². The Morgan fingerprint density at radius 3 is 2.54 bits per heavy atom. The molecule has 0 bridgehead atoms. The van der Waals surface area contributed by atoms with E-state index in [-0.39, 0.29) is 12.5 Å². The van der Waals surface area contributed by atoms with Crippen LogP contribution in [-0.2, 0) is 23.0 Å². The number of nitrogens with one attached hydrogen (secondary N) is 2. The van der Waals surface area contributed by atoms with Gasteiger partial charge in [-0.05, 0) is 78.4 Å². The monoisotopic (exact) mass is 493 g/mol. The molecule has 1 atom stereocenters. The summed E-state index contributed by atoms with van der Waals surface area (Å²) in [6.45, 7) is 4.75. The summed E-state index contributed by atoms with van der Waals surface area (Å²) < 4.78 is 25.5. The number of carbonyl (C=O) groups is 1. The van der Waals surface area contributed by atoms with E-state index in [2.05, 4.69) is 22.8 Å². The highest BCUT2D eigenvalue weighted by Gasteiger charge is 2.24. The maximum Gasteiger partial charge on any atom is 0.251 e. The molecule has 0 aliphatic carbocycles. The SMILES string of the molecule is Cc1ccc(Nc2cccc3c2CCN(S(C)(=O)=O)C3)cc1-c1ccc(C(=O)NCC(C)O)cc1. The third-order valence-electron chi connectivity index (χ3n) is 6.23. The Balaban J connectivity index is 1.55. The van der Waals surface area contributed by atoms with Gasteiger partial charge in [0.05, 0.1) is 12.4 Å². The number of aryl methyl sites for hydroxylation is 1. The summed E-state index contributed by atoms with van der Waals surface area (Å²) in [5.41, 5.74) is 7.78. The Morgan fingerprint density at radius 1 is 1.11 bits per heavy atom. The quantitative estimate of drug-likeness (QED) is 0.465. The lowest BCUT2D eigenvalue weighted by molar-refractivity contribution is 0.0924. The number of aliphatic hydroxyl groups excluding tert-OH is 1. The molecular weight excluding hydrogens is 462 g/mol. The Labute approximate surface area is 206 Å². The van der Waals surface area contributed by atoms with Crippen LogP contribution in [0, 0.1) is 6.92 Å². The predicted octanol–water partition coefficient (Wildman–Crippen LogP) is 3.83. The minimum Gasteiger partial charge on any atom is -0.392 e.